The second kappa shape index (κ2) is 14.1. The van der Waals surface area contributed by atoms with Crippen LogP contribution in [0.25, 0.3) is 0 Å². The van der Waals surface area contributed by atoms with E-state index >= 15 is 0 Å². The third-order valence-corrected chi connectivity index (χ3v) is 3.90. The summed E-state index contributed by atoms with van der Waals surface area (Å²) in [6.07, 6.45) is 9.59. The van der Waals surface area contributed by atoms with Gasteiger partial charge in [-0.1, -0.05) is 38.5 Å². The van der Waals surface area contributed by atoms with E-state index in [1.165, 1.54) is 51.9 Å². The molecule has 0 aliphatic heterocycles. The Kier molecular flexibility index (Phi) is 13.7. The third-order valence-electron chi connectivity index (χ3n) is 3.90. The molecule has 0 saturated heterocycles. The van der Waals surface area contributed by atoms with Crippen molar-refractivity contribution >= 4 is 35.8 Å². The monoisotopic (exact) mass is 424 g/mol. The van der Waals surface area contributed by atoms with Gasteiger partial charge in [0.05, 0.1) is 0 Å². The van der Waals surface area contributed by atoms with Gasteiger partial charge in [-0.3, -0.25) is 9.79 Å². The van der Waals surface area contributed by atoms with E-state index in [9.17, 15) is 4.79 Å². The Morgan fingerprint density at radius 1 is 1.09 bits per heavy atom. The highest BCUT2D eigenvalue weighted by Crippen LogP contribution is 2.28. The fraction of sp³-hybridized carbons (Fsp3) is 0.875. The molecule has 6 heteroatoms. The van der Waals surface area contributed by atoms with Gasteiger partial charge >= 0.3 is 0 Å². The largest absolute Gasteiger partial charge is 0.357 e. The van der Waals surface area contributed by atoms with Gasteiger partial charge < -0.3 is 16.0 Å². The molecule has 1 amide bonds. The van der Waals surface area contributed by atoms with Crippen LogP contribution < -0.4 is 16.0 Å². The zero-order valence-electron chi connectivity index (χ0n) is 14.1. The minimum absolute atomic E-state index is 0. The highest BCUT2D eigenvalue weighted by atomic mass is 127. The Labute approximate surface area is 152 Å². The molecule has 0 heterocycles. The van der Waals surface area contributed by atoms with Crippen molar-refractivity contribution in [3.8, 4) is 0 Å². The number of hydrogen-bond donors (Lipinski definition) is 3. The van der Waals surface area contributed by atoms with Gasteiger partial charge in [-0.15, -0.1) is 24.0 Å². The molecule has 1 fully saturated rings. The SMILES string of the molecule is CCNC(=NCCCCC1CCCC1)NCCNC(C)=O.I. The summed E-state index contributed by atoms with van der Waals surface area (Å²) in [5.74, 6) is 1.84. The van der Waals surface area contributed by atoms with Crippen LogP contribution in [0.5, 0.6) is 0 Å². The number of amides is 1. The van der Waals surface area contributed by atoms with Crippen LogP contribution in [0.3, 0.4) is 0 Å². The summed E-state index contributed by atoms with van der Waals surface area (Å²) in [5, 5.41) is 9.23. The summed E-state index contributed by atoms with van der Waals surface area (Å²) < 4.78 is 0. The van der Waals surface area contributed by atoms with Crippen molar-refractivity contribution in [1.29, 1.82) is 0 Å². The lowest BCUT2D eigenvalue weighted by atomic mass is 10.0. The van der Waals surface area contributed by atoms with Gasteiger partial charge in [0.15, 0.2) is 5.96 Å². The third kappa shape index (κ3) is 11.1. The first kappa shape index (κ1) is 21.5. The number of hydrogen-bond acceptors (Lipinski definition) is 2. The Bertz CT molecular complexity index is 317. The van der Waals surface area contributed by atoms with E-state index in [1.807, 2.05) is 0 Å². The number of rotatable bonds is 9. The number of carbonyl (C=O) groups is 1. The molecule has 0 atom stereocenters. The van der Waals surface area contributed by atoms with E-state index in [1.54, 1.807) is 0 Å². The van der Waals surface area contributed by atoms with Gasteiger partial charge in [0.25, 0.3) is 0 Å². The van der Waals surface area contributed by atoms with E-state index in [-0.39, 0.29) is 29.9 Å². The Hall–Kier alpha value is -0.530. The number of nitrogens with one attached hydrogen (secondary N) is 3. The second-order valence-electron chi connectivity index (χ2n) is 5.82. The first-order valence-corrected chi connectivity index (χ1v) is 8.49. The van der Waals surface area contributed by atoms with Crippen LogP contribution in [-0.2, 0) is 4.79 Å². The summed E-state index contributed by atoms with van der Waals surface area (Å²) >= 11 is 0. The average molecular weight is 424 g/mol. The fourth-order valence-electron chi connectivity index (χ4n) is 2.80. The molecule has 1 rings (SSSR count). The van der Waals surface area contributed by atoms with Crippen molar-refractivity contribution in [1.82, 2.24) is 16.0 Å². The summed E-state index contributed by atoms with van der Waals surface area (Å²) in [6, 6.07) is 0. The van der Waals surface area contributed by atoms with Crippen LogP contribution in [0, 0.1) is 5.92 Å². The molecule has 0 radical (unpaired) electrons. The molecule has 0 spiro atoms. The predicted octanol–water partition coefficient (Wildman–Crippen LogP) is 2.66. The number of guanidine groups is 1. The van der Waals surface area contributed by atoms with Gasteiger partial charge in [0.1, 0.15) is 0 Å². The Morgan fingerprint density at radius 2 is 1.77 bits per heavy atom. The second-order valence-corrected chi connectivity index (χ2v) is 5.82. The van der Waals surface area contributed by atoms with Gasteiger partial charge in [0.2, 0.25) is 5.91 Å². The van der Waals surface area contributed by atoms with E-state index in [0.717, 1.165) is 25.0 Å². The standard InChI is InChI=1S/C16H32N4O.HI/c1-3-17-16(20-13-12-18-14(2)21)19-11-7-6-10-15-8-4-5-9-15;/h15H,3-13H2,1-2H3,(H,18,21)(H2,17,19,20);1H. The molecule has 1 saturated carbocycles. The molecular formula is C16H33IN4O. The average Bonchev–Trinajstić information content (AvgIpc) is 2.96. The molecule has 22 heavy (non-hydrogen) atoms. The topological polar surface area (TPSA) is 65.5 Å². The van der Waals surface area contributed by atoms with Crippen molar-refractivity contribution in [3.05, 3.63) is 0 Å². The molecule has 0 aromatic carbocycles. The van der Waals surface area contributed by atoms with Crippen molar-refractivity contribution < 1.29 is 4.79 Å². The van der Waals surface area contributed by atoms with E-state index in [2.05, 4.69) is 27.9 Å². The van der Waals surface area contributed by atoms with Crippen molar-refractivity contribution in [3.63, 3.8) is 0 Å². The number of carbonyl (C=O) groups excluding carboxylic acids is 1. The fourth-order valence-corrected chi connectivity index (χ4v) is 2.80. The summed E-state index contributed by atoms with van der Waals surface area (Å²) in [5.41, 5.74) is 0. The molecule has 3 N–H and O–H groups in total. The Balaban J connectivity index is 0.00000441. The minimum atomic E-state index is 0. The van der Waals surface area contributed by atoms with Gasteiger partial charge in [-0.25, -0.2) is 0 Å². The molecule has 0 unspecified atom stereocenters. The highest BCUT2D eigenvalue weighted by molar-refractivity contribution is 14.0. The molecule has 1 aliphatic carbocycles. The summed E-state index contributed by atoms with van der Waals surface area (Å²) in [6.45, 7) is 6.65. The Morgan fingerprint density at radius 3 is 2.41 bits per heavy atom. The zero-order chi connectivity index (χ0) is 15.3. The number of aliphatic imine (C=N–C) groups is 1. The van der Waals surface area contributed by atoms with Crippen LogP contribution in [0.1, 0.15) is 58.8 Å². The lowest BCUT2D eigenvalue weighted by molar-refractivity contribution is -0.118. The lowest BCUT2D eigenvalue weighted by Crippen LogP contribution is -2.41. The number of unbranched alkanes of at least 4 members (excludes halogenated alkanes) is 1. The predicted molar refractivity (Wildman–Crippen MR) is 104 cm³/mol. The summed E-state index contributed by atoms with van der Waals surface area (Å²) in [4.78, 5) is 15.4. The van der Waals surface area contributed by atoms with Gasteiger partial charge in [-0.05, 0) is 19.3 Å². The van der Waals surface area contributed by atoms with E-state index in [4.69, 9.17) is 0 Å². The zero-order valence-corrected chi connectivity index (χ0v) is 16.4. The number of nitrogens with zero attached hydrogens (tertiary/aromatic N) is 1. The first-order chi connectivity index (χ1) is 10.2. The maximum absolute atomic E-state index is 10.8. The van der Waals surface area contributed by atoms with Crippen LogP contribution in [0.15, 0.2) is 4.99 Å². The first-order valence-electron chi connectivity index (χ1n) is 8.49. The highest BCUT2D eigenvalue weighted by Gasteiger charge is 2.13. The van der Waals surface area contributed by atoms with Crippen LogP contribution in [0.2, 0.25) is 0 Å². The lowest BCUT2D eigenvalue weighted by Gasteiger charge is -2.11. The molecular weight excluding hydrogens is 391 g/mol. The number of halogens is 1. The van der Waals surface area contributed by atoms with Crippen molar-refractivity contribution in [2.75, 3.05) is 26.2 Å². The molecule has 0 aromatic rings. The molecule has 130 valence electrons. The summed E-state index contributed by atoms with van der Waals surface area (Å²) in [7, 11) is 0. The smallest absolute Gasteiger partial charge is 0.216 e. The van der Waals surface area contributed by atoms with E-state index in [0.29, 0.717) is 13.1 Å². The molecule has 0 bridgehead atoms. The van der Waals surface area contributed by atoms with Crippen molar-refractivity contribution in [2.24, 2.45) is 10.9 Å². The van der Waals surface area contributed by atoms with Crippen LogP contribution >= 0.6 is 24.0 Å². The van der Waals surface area contributed by atoms with Crippen molar-refractivity contribution in [2.45, 2.75) is 58.8 Å². The van der Waals surface area contributed by atoms with E-state index < -0.39 is 0 Å². The van der Waals surface area contributed by atoms with Crippen LogP contribution in [-0.4, -0.2) is 38.0 Å². The quantitative estimate of drug-likeness (QED) is 0.231. The molecule has 0 aromatic heterocycles. The van der Waals surface area contributed by atoms with Gasteiger partial charge in [-0.2, -0.15) is 0 Å². The minimum Gasteiger partial charge on any atom is -0.357 e. The van der Waals surface area contributed by atoms with Gasteiger partial charge in [0, 0.05) is 33.1 Å². The van der Waals surface area contributed by atoms with Crippen LogP contribution in [0.4, 0.5) is 0 Å². The maximum Gasteiger partial charge on any atom is 0.216 e. The maximum atomic E-state index is 10.8. The molecule has 5 nitrogen and oxygen atoms in total. The normalized spacial score (nSPS) is 15.3. The molecule has 1 aliphatic rings.